The summed E-state index contributed by atoms with van der Waals surface area (Å²) in [6.45, 7) is 22.8. The molecule has 0 aromatic carbocycles. The van der Waals surface area contributed by atoms with Crippen molar-refractivity contribution >= 4 is 35.4 Å². The molecule has 0 aliphatic rings. The molecule has 0 unspecified atom stereocenters. The number of carbonyl (C=O) groups excluding carboxylic acids is 6. The Morgan fingerprint density at radius 1 is 0.143 bits per heavy atom. The molecule has 0 aromatic rings. The fourth-order valence-electron chi connectivity index (χ4n) is 14.0. The Bertz CT molecular complexity index is 1670. The Kier molecular flexibility index (Phi) is 71.2. The maximum absolute atomic E-state index is 14.8. The Balaban J connectivity index is 6.97. The normalized spacial score (nSPS) is 11.4. The Labute approximate surface area is 609 Å². The first-order valence-corrected chi connectivity index (χ1v) is 43.6. The maximum Gasteiger partial charge on any atom is 0.222 e. The number of hydrogen-bond acceptors (Lipinski definition) is 6. The lowest BCUT2D eigenvalue weighted by Gasteiger charge is -2.33. The molecule has 0 saturated carbocycles. The first-order valence-electron chi connectivity index (χ1n) is 43.6. The maximum atomic E-state index is 14.8. The summed E-state index contributed by atoms with van der Waals surface area (Å²) < 4.78 is 0. The fourth-order valence-corrected chi connectivity index (χ4v) is 14.0. The summed E-state index contributed by atoms with van der Waals surface area (Å²) in [5, 5.41) is 0. The molecule has 0 rings (SSSR count). The van der Waals surface area contributed by atoms with Crippen LogP contribution in [0.5, 0.6) is 0 Å². The number of nitrogens with zero attached hydrogens (tertiary/aromatic N) is 6. The van der Waals surface area contributed by atoms with Crippen molar-refractivity contribution in [3.63, 3.8) is 0 Å². The summed E-state index contributed by atoms with van der Waals surface area (Å²) >= 11 is 0. The third kappa shape index (κ3) is 58.3. The second-order valence-corrected chi connectivity index (χ2v) is 29.9. The molecule has 6 amide bonds. The van der Waals surface area contributed by atoms with E-state index in [1.54, 1.807) is 0 Å². The van der Waals surface area contributed by atoms with E-state index in [1.807, 2.05) is 43.2 Å². The van der Waals surface area contributed by atoms with Crippen LogP contribution in [0.15, 0.2) is 0 Å². The van der Waals surface area contributed by atoms with Gasteiger partial charge in [-0.2, -0.15) is 0 Å². The van der Waals surface area contributed by atoms with E-state index < -0.39 is 0 Å². The first-order chi connectivity index (χ1) is 48.0. The van der Waals surface area contributed by atoms with Gasteiger partial charge in [-0.3, -0.25) is 28.8 Å². The van der Waals surface area contributed by atoms with Gasteiger partial charge in [0, 0.05) is 117 Å². The van der Waals surface area contributed by atoms with Gasteiger partial charge in [0.15, 0.2) is 0 Å². The Morgan fingerprint density at radius 2 is 0.245 bits per heavy atom. The van der Waals surface area contributed by atoms with Crippen molar-refractivity contribution in [2.75, 3.05) is 78.5 Å². The average Bonchev–Trinajstić information content (AvgIpc) is 1.09. The van der Waals surface area contributed by atoms with Gasteiger partial charge in [0.25, 0.3) is 0 Å². The van der Waals surface area contributed by atoms with E-state index in [1.165, 1.54) is 244 Å². The molecule has 0 bridgehead atoms. The summed E-state index contributed by atoms with van der Waals surface area (Å²) in [7, 11) is 0. The lowest BCUT2D eigenvalue weighted by molar-refractivity contribution is -0.138. The van der Waals surface area contributed by atoms with Crippen molar-refractivity contribution in [1.29, 1.82) is 0 Å². The molecule has 12 nitrogen and oxygen atoms in total. The molecule has 0 aromatic heterocycles. The monoisotopic (exact) mass is 1380 g/mol. The van der Waals surface area contributed by atoms with Crippen LogP contribution < -0.4 is 0 Å². The van der Waals surface area contributed by atoms with Crippen LogP contribution in [0.3, 0.4) is 0 Å². The van der Waals surface area contributed by atoms with Crippen LogP contribution in [0.2, 0.25) is 0 Å². The second kappa shape index (κ2) is 73.6. The van der Waals surface area contributed by atoms with Gasteiger partial charge in [-0.1, -0.05) is 350 Å². The minimum atomic E-state index is 0.0708. The summed E-state index contributed by atoms with van der Waals surface area (Å²) in [5.41, 5.74) is 0. The van der Waals surface area contributed by atoms with E-state index in [9.17, 15) is 28.8 Å². The zero-order chi connectivity index (χ0) is 71.8. The number of carbonyl (C=O) groups is 6. The van der Waals surface area contributed by atoms with Gasteiger partial charge in [0.2, 0.25) is 35.4 Å². The largest absolute Gasteiger partial charge is 0.341 e. The molecular weight excluding hydrogens is 1210 g/mol. The van der Waals surface area contributed by atoms with Gasteiger partial charge in [-0.05, 0) is 52.4 Å². The van der Waals surface area contributed by atoms with Gasteiger partial charge in [0.05, 0.1) is 0 Å². The zero-order valence-electron chi connectivity index (χ0n) is 67.0. The molecule has 0 saturated heterocycles. The highest BCUT2D eigenvalue weighted by Crippen LogP contribution is 2.19. The molecular formula is C86H168N6O6. The minimum Gasteiger partial charge on any atom is -0.341 e. The lowest BCUT2D eigenvalue weighted by Crippen LogP contribution is -2.48. The molecule has 0 N–H and O–H groups in total. The van der Waals surface area contributed by atoms with Crippen molar-refractivity contribution in [1.82, 2.24) is 29.4 Å². The van der Waals surface area contributed by atoms with Crippen LogP contribution in [0.1, 0.15) is 441 Å². The molecule has 0 heterocycles. The standard InChI is InChI=1S/C86H168N6O6/c1-9-17-23-29-35-41-47-53-59-65-81(93)87(15-7)71-73-89(83(95)67-61-55-49-43-37-31-25-19-11-3)75-77-91(85(97)69-63-57-51-45-39-33-27-21-13-5)79-80-92(86(98)70-64-58-52-46-40-34-28-22-14-6)78-76-90(84(96)68-62-56-50-44-38-32-26-20-12-4)74-72-88(16-8)82(94)66-60-54-48-42-36-30-24-18-10-2/h9-80H2,1-8H3. The summed E-state index contributed by atoms with van der Waals surface area (Å²) in [6.07, 6.45) is 66.6. The van der Waals surface area contributed by atoms with Crippen molar-refractivity contribution in [2.24, 2.45) is 0 Å². The van der Waals surface area contributed by atoms with E-state index in [4.69, 9.17) is 0 Å². The molecule has 0 spiro atoms. The summed E-state index contributed by atoms with van der Waals surface area (Å²) in [5.74, 6) is 0.659. The third-order valence-electron chi connectivity index (χ3n) is 21.0. The second-order valence-electron chi connectivity index (χ2n) is 29.9. The fraction of sp³-hybridized carbons (Fsp3) is 0.930. The first kappa shape index (κ1) is 94.8. The van der Waals surface area contributed by atoms with Crippen molar-refractivity contribution in [3.8, 4) is 0 Å². The van der Waals surface area contributed by atoms with Crippen molar-refractivity contribution in [3.05, 3.63) is 0 Å². The number of amides is 6. The van der Waals surface area contributed by atoms with E-state index in [-0.39, 0.29) is 35.4 Å². The van der Waals surface area contributed by atoms with Crippen LogP contribution in [-0.2, 0) is 28.8 Å². The van der Waals surface area contributed by atoms with E-state index in [2.05, 4.69) is 41.5 Å². The van der Waals surface area contributed by atoms with Gasteiger partial charge >= 0.3 is 0 Å². The topological polar surface area (TPSA) is 122 Å². The molecule has 0 aliphatic heterocycles. The molecule has 0 atom stereocenters. The summed E-state index contributed by atoms with van der Waals surface area (Å²) in [4.78, 5) is 97.9. The van der Waals surface area contributed by atoms with Crippen molar-refractivity contribution in [2.45, 2.75) is 441 Å². The van der Waals surface area contributed by atoms with Crippen LogP contribution >= 0.6 is 0 Å². The highest BCUT2D eigenvalue weighted by Gasteiger charge is 2.25. The Hall–Kier alpha value is -3.18. The number of unbranched alkanes of at least 4 members (excludes halogenated alkanes) is 48. The number of rotatable bonds is 77. The van der Waals surface area contributed by atoms with Crippen molar-refractivity contribution < 1.29 is 28.8 Å². The lowest BCUT2D eigenvalue weighted by atomic mass is 10.1. The zero-order valence-corrected chi connectivity index (χ0v) is 67.0. The molecule has 98 heavy (non-hydrogen) atoms. The number of likely N-dealkylation sites (N-methyl/N-ethyl adjacent to an activating group) is 2. The average molecular weight is 1380 g/mol. The van der Waals surface area contributed by atoms with E-state index >= 15 is 0 Å². The van der Waals surface area contributed by atoms with Gasteiger partial charge in [0.1, 0.15) is 0 Å². The highest BCUT2D eigenvalue weighted by molar-refractivity contribution is 5.79. The van der Waals surface area contributed by atoms with Gasteiger partial charge < -0.3 is 29.4 Å². The number of hydrogen-bond donors (Lipinski definition) is 0. The molecule has 0 fully saturated rings. The minimum absolute atomic E-state index is 0.0708. The van der Waals surface area contributed by atoms with Crippen LogP contribution in [0.25, 0.3) is 0 Å². The summed E-state index contributed by atoms with van der Waals surface area (Å²) in [6, 6.07) is 0. The third-order valence-corrected chi connectivity index (χ3v) is 21.0. The SMILES string of the molecule is CCCCCCCCCCCC(=O)N(CC)CCN(CCN(CCN(CCN(CCN(CC)C(=O)CCCCCCCCCCC)C(=O)CCCCCCCCCCC)C(=O)CCCCCCCCCCC)C(=O)CCCCCCCCCCC)C(=O)CCCCCCCCCCC. The van der Waals surface area contributed by atoms with E-state index in [0.29, 0.717) is 117 Å². The quantitative estimate of drug-likeness (QED) is 0.0559. The van der Waals surface area contributed by atoms with Gasteiger partial charge in [-0.25, -0.2) is 0 Å². The van der Waals surface area contributed by atoms with Crippen LogP contribution in [-0.4, -0.2) is 143 Å². The van der Waals surface area contributed by atoms with Crippen LogP contribution in [0.4, 0.5) is 0 Å². The molecule has 578 valence electrons. The predicted octanol–water partition coefficient (Wildman–Crippen LogP) is 23.5. The Morgan fingerprint density at radius 3 is 0.367 bits per heavy atom. The van der Waals surface area contributed by atoms with Crippen LogP contribution in [0, 0.1) is 0 Å². The van der Waals surface area contributed by atoms with Gasteiger partial charge in [-0.15, -0.1) is 0 Å². The van der Waals surface area contributed by atoms with E-state index in [0.717, 1.165) is 103 Å². The molecule has 12 heteroatoms. The predicted molar refractivity (Wildman–Crippen MR) is 422 cm³/mol. The molecule has 0 radical (unpaired) electrons. The smallest absolute Gasteiger partial charge is 0.222 e. The molecule has 0 aliphatic carbocycles. The highest BCUT2D eigenvalue weighted by atomic mass is 16.2.